The molecule has 2 aromatic heterocycles. The second-order valence-electron chi connectivity index (χ2n) is 4.25. The van der Waals surface area contributed by atoms with Gasteiger partial charge in [-0.05, 0) is 47.9 Å². The van der Waals surface area contributed by atoms with Crippen molar-refractivity contribution in [3.8, 4) is 11.5 Å². The van der Waals surface area contributed by atoms with Gasteiger partial charge in [-0.1, -0.05) is 6.92 Å². The molecule has 19 heavy (non-hydrogen) atoms. The first-order valence-electron chi connectivity index (χ1n) is 6.43. The molecule has 2 rings (SSSR count). The SMILES string of the molecule is CCCNCCCc1nnc(-c2cncc(Br)c2)o1. The van der Waals surface area contributed by atoms with Crippen LogP contribution in [0.25, 0.3) is 11.5 Å². The van der Waals surface area contributed by atoms with Gasteiger partial charge in [0.15, 0.2) is 0 Å². The molecular weight excluding hydrogens is 308 g/mol. The van der Waals surface area contributed by atoms with Crippen LogP contribution >= 0.6 is 15.9 Å². The summed E-state index contributed by atoms with van der Waals surface area (Å²) in [6.07, 6.45) is 6.38. The maximum atomic E-state index is 5.62. The standard InChI is InChI=1S/C13H17BrN4O/c1-2-5-15-6-3-4-12-17-18-13(19-12)10-7-11(14)9-16-8-10/h7-9,15H,2-6H2,1H3. The number of hydrogen-bond donors (Lipinski definition) is 1. The lowest BCUT2D eigenvalue weighted by Crippen LogP contribution is -2.16. The topological polar surface area (TPSA) is 63.8 Å². The predicted octanol–water partition coefficient (Wildman–Crippen LogP) is 2.83. The number of nitrogens with zero attached hydrogens (tertiary/aromatic N) is 3. The van der Waals surface area contributed by atoms with E-state index in [1.165, 1.54) is 0 Å². The minimum absolute atomic E-state index is 0.519. The van der Waals surface area contributed by atoms with Crippen LogP contribution in [0.1, 0.15) is 25.7 Å². The lowest BCUT2D eigenvalue weighted by atomic mass is 10.3. The molecule has 0 saturated carbocycles. The predicted molar refractivity (Wildman–Crippen MR) is 76.7 cm³/mol. The number of nitrogens with one attached hydrogen (secondary N) is 1. The van der Waals surface area contributed by atoms with E-state index in [1.807, 2.05) is 6.07 Å². The molecule has 102 valence electrons. The van der Waals surface area contributed by atoms with Crippen molar-refractivity contribution in [1.82, 2.24) is 20.5 Å². The van der Waals surface area contributed by atoms with Gasteiger partial charge in [0.2, 0.25) is 11.8 Å². The Kier molecular flexibility index (Phi) is 5.47. The highest BCUT2D eigenvalue weighted by Crippen LogP contribution is 2.20. The maximum Gasteiger partial charge on any atom is 0.249 e. The number of rotatable bonds is 7. The van der Waals surface area contributed by atoms with E-state index >= 15 is 0 Å². The van der Waals surface area contributed by atoms with Crippen molar-refractivity contribution >= 4 is 15.9 Å². The number of aryl methyl sites for hydroxylation is 1. The van der Waals surface area contributed by atoms with Gasteiger partial charge >= 0.3 is 0 Å². The third-order valence-electron chi connectivity index (χ3n) is 2.59. The van der Waals surface area contributed by atoms with Gasteiger partial charge in [0.25, 0.3) is 0 Å². The first-order chi connectivity index (χ1) is 9.29. The van der Waals surface area contributed by atoms with Crippen molar-refractivity contribution in [1.29, 1.82) is 0 Å². The summed E-state index contributed by atoms with van der Waals surface area (Å²) in [7, 11) is 0. The molecule has 0 aliphatic rings. The van der Waals surface area contributed by atoms with Crippen molar-refractivity contribution in [2.45, 2.75) is 26.2 Å². The highest BCUT2D eigenvalue weighted by atomic mass is 79.9. The minimum atomic E-state index is 0.519. The van der Waals surface area contributed by atoms with Crippen molar-refractivity contribution in [3.05, 3.63) is 28.8 Å². The molecule has 0 aliphatic heterocycles. The van der Waals surface area contributed by atoms with Crippen molar-refractivity contribution in [2.24, 2.45) is 0 Å². The summed E-state index contributed by atoms with van der Waals surface area (Å²) in [6.45, 7) is 4.19. The Morgan fingerprint density at radius 1 is 1.26 bits per heavy atom. The van der Waals surface area contributed by atoms with Crippen LogP contribution in [0, 0.1) is 0 Å². The first kappa shape index (κ1) is 14.1. The molecule has 1 N–H and O–H groups in total. The number of pyridine rings is 1. The Morgan fingerprint density at radius 3 is 2.95 bits per heavy atom. The van der Waals surface area contributed by atoms with Crippen LogP contribution in [0.3, 0.4) is 0 Å². The Labute approximate surface area is 121 Å². The Hall–Kier alpha value is -1.27. The van der Waals surface area contributed by atoms with Crippen LogP contribution in [-0.2, 0) is 6.42 Å². The highest BCUT2D eigenvalue weighted by molar-refractivity contribution is 9.10. The van der Waals surface area contributed by atoms with Crippen LogP contribution in [0.4, 0.5) is 0 Å². The minimum Gasteiger partial charge on any atom is -0.421 e. The zero-order chi connectivity index (χ0) is 13.5. The fourth-order valence-electron chi connectivity index (χ4n) is 1.67. The summed E-state index contributed by atoms with van der Waals surface area (Å²) >= 11 is 3.37. The third kappa shape index (κ3) is 4.40. The average molecular weight is 325 g/mol. The van der Waals surface area contributed by atoms with Gasteiger partial charge in [-0.25, -0.2) is 0 Å². The molecule has 0 unspecified atom stereocenters. The fourth-order valence-corrected chi connectivity index (χ4v) is 2.03. The van der Waals surface area contributed by atoms with E-state index in [2.05, 4.69) is 43.4 Å². The largest absolute Gasteiger partial charge is 0.421 e. The van der Waals surface area contributed by atoms with Gasteiger partial charge in [0.05, 0.1) is 5.56 Å². The van der Waals surface area contributed by atoms with Gasteiger partial charge in [-0.3, -0.25) is 4.98 Å². The Morgan fingerprint density at radius 2 is 2.16 bits per heavy atom. The molecule has 0 amide bonds. The van der Waals surface area contributed by atoms with E-state index in [1.54, 1.807) is 12.4 Å². The van der Waals surface area contributed by atoms with Crippen molar-refractivity contribution in [3.63, 3.8) is 0 Å². The van der Waals surface area contributed by atoms with E-state index in [-0.39, 0.29) is 0 Å². The van der Waals surface area contributed by atoms with Crippen molar-refractivity contribution in [2.75, 3.05) is 13.1 Å². The summed E-state index contributed by atoms with van der Waals surface area (Å²) in [5, 5.41) is 11.4. The monoisotopic (exact) mass is 324 g/mol. The van der Waals surface area contributed by atoms with E-state index in [9.17, 15) is 0 Å². The van der Waals surface area contributed by atoms with E-state index < -0.39 is 0 Å². The molecular formula is C13H17BrN4O. The molecule has 0 radical (unpaired) electrons. The molecule has 0 aromatic carbocycles. The third-order valence-corrected chi connectivity index (χ3v) is 3.02. The highest BCUT2D eigenvalue weighted by Gasteiger charge is 2.08. The second-order valence-corrected chi connectivity index (χ2v) is 5.16. The summed E-state index contributed by atoms with van der Waals surface area (Å²) in [5.41, 5.74) is 0.831. The molecule has 2 heterocycles. The quantitative estimate of drug-likeness (QED) is 0.793. The van der Waals surface area contributed by atoms with Gasteiger partial charge in [0.1, 0.15) is 0 Å². The fraction of sp³-hybridized carbons (Fsp3) is 0.462. The molecule has 6 heteroatoms. The van der Waals surface area contributed by atoms with Crippen LogP contribution < -0.4 is 5.32 Å². The summed E-state index contributed by atoms with van der Waals surface area (Å²) in [5.74, 6) is 1.19. The molecule has 0 fully saturated rings. The number of aromatic nitrogens is 3. The molecule has 5 nitrogen and oxygen atoms in total. The lowest BCUT2D eigenvalue weighted by Gasteiger charge is -1.99. The van der Waals surface area contributed by atoms with Crippen LogP contribution in [0.15, 0.2) is 27.3 Å². The van der Waals surface area contributed by atoms with Crippen LogP contribution in [0.2, 0.25) is 0 Å². The molecule has 0 aliphatic carbocycles. The maximum absolute atomic E-state index is 5.62. The second kappa shape index (κ2) is 7.35. The van der Waals surface area contributed by atoms with Crippen molar-refractivity contribution < 1.29 is 4.42 Å². The number of hydrogen-bond acceptors (Lipinski definition) is 5. The molecule has 0 spiro atoms. The Bertz CT molecular complexity index is 515. The van der Waals surface area contributed by atoms with Gasteiger partial charge in [0, 0.05) is 23.3 Å². The molecule has 0 saturated heterocycles. The Balaban J connectivity index is 1.88. The zero-order valence-corrected chi connectivity index (χ0v) is 12.5. The zero-order valence-electron chi connectivity index (χ0n) is 10.9. The van der Waals surface area contributed by atoms with E-state index in [0.717, 1.165) is 42.4 Å². The molecule has 0 bridgehead atoms. The van der Waals surface area contributed by atoms with E-state index in [4.69, 9.17) is 4.42 Å². The summed E-state index contributed by atoms with van der Waals surface area (Å²) in [6, 6.07) is 1.91. The van der Waals surface area contributed by atoms with Gasteiger partial charge < -0.3 is 9.73 Å². The normalized spacial score (nSPS) is 10.8. The van der Waals surface area contributed by atoms with E-state index in [0.29, 0.717) is 11.8 Å². The first-order valence-corrected chi connectivity index (χ1v) is 7.23. The van der Waals surface area contributed by atoms with Gasteiger partial charge in [-0.2, -0.15) is 0 Å². The lowest BCUT2D eigenvalue weighted by molar-refractivity contribution is 0.491. The summed E-state index contributed by atoms with van der Waals surface area (Å²) in [4.78, 5) is 4.08. The smallest absolute Gasteiger partial charge is 0.249 e. The molecule has 2 aromatic rings. The number of halogens is 1. The average Bonchev–Trinajstić information content (AvgIpc) is 2.87. The van der Waals surface area contributed by atoms with Crippen LogP contribution in [-0.4, -0.2) is 28.3 Å². The van der Waals surface area contributed by atoms with Gasteiger partial charge in [-0.15, -0.1) is 10.2 Å². The summed E-state index contributed by atoms with van der Waals surface area (Å²) < 4.78 is 6.52. The van der Waals surface area contributed by atoms with Crippen LogP contribution in [0.5, 0.6) is 0 Å². The molecule has 0 atom stereocenters.